The fourth-order valence-electron chi connectivity index (χ4n) is 2.11. The maximum atomic E-state index is 13.9. The monoisotopic (exact) mass is 348 g/mol. The number of halogens is 2. The minimum atomic E-state index is -0.507. The van der Waals surface area contributed by atoms with Crippen LogP contribution in [0.5, 0.6) is 0 Å². The van der Waals surface area contributed by atoms with Gasteiger partial charge < -0.3 is 0 Å². The summed E-state index contributed by atoms with van der Waals surface area (Å²) in [6.07, 6.45) is 1.02. The van der Waals surface area contributed by atoms with E-state index in [4.69, 9.17) is 0 Å². The average Bonchev–Trinajstić information content (AvgIpc) is 2.47. The fourth-order valence-corrected chi connectivity index (χ4v) is 2.44. The van der Waals surface area contributed by atoms with Crippen LogP contribution in [0.4, 0.5) is 4.39 Å². The van der Waals surface area contributed by atoms with Gasteiger partial charge in [-0.25, -0.2) is 4.39 Å². The molecule has 1 nitrogen and oxygen atoms in total. The second-order valence-corrected chi connectivity index (χ2v) is 6.68. The van der Waals surface area contributed by atoms with E-state index in [0.717, 1.165) is 6.42 Å². The van der Waals surface area contributed by atoms with Crippen LogP contribution in [0.3, 0.4) is 0 Å². The van der Waals surface area contributed by atoms with Crippen molar-refractivity contribution in [3.8, 4) is 0 Å². The summed E-state index contributed by atoms with van der Waals surface area (Å²) in [6.45, 7) is 6.46. The summed E-state index contributed by atoms with van der Waals surface area (Å²) in [5, 5.41) is 0. The molecule has 0 N–H and O–H groups in total. The van der Waals surface area contributed by atoms with Crippen molar-refractivity contribution in [1.82, 2.24) is 0 Å². The number of hydrogen-bond donors (Lipinski definition) is 0. The van der Waals surface area contributed by atoms with Crippen LogP contribution in [0.1, 0.15) is 48.7 Å². The van der Waals surface area contributed by atoms with Crippen molar-refractivity contribution in [1.29, 1.82) is 0 Å². The third kappa shape index (κ3) is 3.41. The van der Waals surface area contributed by atoms with E-state index in [1.54, 1.807) is 18.2 Å². The van der Waals surface area contributed by atoms with Gasteiger partial charge in [0.05, 0.1) is 5.56 Å². The summed E-state index contributed by atoms with van der Waals surface area (Å²) in [7, 11) is 0. The Morgan fingerprint density at radius 2 is 1.76 bits per heavy atom. The summed E-state index contributed by atoms with van der Waals surface area (Å²) in [5.41, 5.74) is 1.86. The van der Waals surface area contributed by atoms with Crippen molar-refractivity contribution in [2.24, 2.45) is 0 Å². The molecule has 0 aliphatic rings. The van der Waals surface area contributed by atoms with Gasteiger partial charge in [0, 0.05) is 10.0 Å². The standard InChI is InChI=1S/C18H18BrFO/c1-4-18(2,3)13-7-5-12(6-8-13)17(21)15-10-9-14(19)11-16(15)20/h5-11H,4H2,1-3H3. The van der Waals surface area contributed by atoms with E-state index in [9.17, 15) is 9.18 Å². The van der Waals surface area contributed by atoms with Crippen LogP contribution in [0.25, 0.3) is 0 Å². The summed E-state index contributed by atoms with van der Waals surface area (Å²) in [6, 6.07) is 11.9. The van der Waals surface area contributed by atoms with Crippen LogP contribution < -0.4 is 0 Å². The Labute approximate surface area is 133 Å². The topological polar surface area (TPSA) is 17.1 Å². The zero-order valence-corrected chi connectivity index (χ0v) is 14.0. The highest BCUT2D eigenvalue weighted by Crippen LogP contribution is 2.27. The molecule has 0 amide bonds. The Balaban J connectivity index is 2.32. The highest BCUT2D eigenvalue weighted by Gasteiger charge is 2.19. The Hall–Kier alpha value is -1.48. The Bertz CT molecular complexity index is 659. The molecule has 0 aliphatic heterocycles. The number of carbonyl (C=O) groups is 1. The first kappa shape index (κ1) is 15.9. The zero-order chi connectivity index (χ0) is 15.6. The summed E-state index contributed by atoms with van der Waals surface area (Å²) in [4.78, 5) is 12.4. The van der Waals surface area contributed by atoms with Crippen LogP contribution in [-0.4, -0.2) is 5.78 Å². The quantitative estimate of drug-likeness (QED) is 0.666. The minimum Gasteiger partial charge on any atom is -0.288 e. The molecule has 0 bridgehead atoms. The second kappa shape index (κ2) is 6.10. The van der Waals surface area contributed by atoms with Crippen LogP contribution >= 0.6 is 15.9 Å². The lowest BCUT2D eigenvalue weighted by Gasteiger charge is -2.23. The zero-order valence-electron chi connectivity index (χ0n) is 12.4. The summed E-state index contributed by atoms with van der Waals surface area (Å²) < 4.78 is 14.5. The van der Waals surface area contributed by atoms with Crippen molar-refractivity contribution in [2.75, 3.05) is 0 Å². The lowest BCUT2D eigenvalue weighted by Crippen LogP contribution is -2.15. The first-order valence-corrected chi connectivity index (χ1v) is 7.75. The molecule has 2 aromatic rings. The van der Waals surface area contributed by atoms with Crippen molar-refractivity contribution in [2.45, 2.75) is 32.6 Å². The van der Waals surface area contributed by atoms with Crippen molar-refractivity contribution < 1.29 is 9.18 Å². The van der Waals surface area contributed by atoms with Crippen molar-refractivity contribution in [3.63, 3.8) is 0 Å². The molecule has 2 aromatic carbocycles. The maximum Gasteiger partial charge on any atom is 0.195 e. The van der Waals surface area contributed by atoms with Crippen LogP contribution in [0.2, 0.25) is 0 Å². The molecule has 2 rings (SSSR count). The van der Waals surface area contributed by atoms with Gasteiger partial charge in [0.2, 0.25) is 0 Å². The fraction of sp³-hybridized carbons (Fsp3) is 0.278. The molecule has 21 heavy (non-hydrogen) atoms. The van der Waals surface area contributed by atoms with Crippen molar-refractivity contribution in [3.05, 3.63) is 69.4 Å². The van der Waals surface area contributed by atoms with E-state index in [2.05, 4.69) is 36.7 Å². The summed E-state index contributed by atoms with van der Waals surface area (Å²) >= 11 is 3.19. The molecule has 0 fully saturated rings. The van der Waals surface area contributed by atoms with E-state index in [-0.39, 0.29) is 16.8 Å². The van der Waals surface area contributed by atoms with Gasteiger partial charge in [0.25, 0.3) is 0 Å². The molecule has 0 aromatic heterocycles. The van der Waals surface area contributed by atoms with Gasteiger partial charge in [-0.05, 0) is 35.6 Å². The van der Waals surface area contributed by atoms with Gasteiger partial charge in [0.15, 0.2) is 5.78 Å². The van der Waals surface area contributed by atoms with Crippen LogP contribution in [0, 0.1) is 5.82 Å². The molecule has 0 radical (unpaired) electrons. The van der Waals surface area contributed by atoms with Gasteiger partial charge in [0.1, 0.15) is 5.82 Å². The molecule has 0 aliphatic carbocycles. The van der Waals surface area contributed by atoms with Gasteiger partial charge in [-0.3, -0.25) is 4.79 Å². The first-order chi connectivity index (χ1) is 9.85. The van der Waals surface area contributed by atoms with E-state index in [0.29, 0.717) is 10.0 Å². The molecule has 0 saturated heterocycles. The molecule has 3 heteroatoms. The van der Waals surface area contributed by atoms with Gasteiger partial charge >= 0.3 is 0 Å². The third-order valence-corrected chi connectivity index (χ3v) is 4.48. The van der Waals surface area contributed by atoms with Crippen molar-refractivity contribution >= 4 is 21.7 Å². The highest BCUT2D eigenvalue weighted by molar-refractivity contribution is 9.10. The van der Waals surface area contributed by atoms with E-state index in [1.165, 1.54) is 17.7 Å². The molecule has 0 atom stereocenters. The average molecular weight is 349 g/mol. The predicted octanol–water partition coefficient (Wildman–Crippen LogP) is 5.51. The van der Waals surface area contributed by atoms with Crippen LogP contribution in [0.15, 0.2) is 46.9 Å². The molecular formula is C18H18BrFO. The second-order valence-electron chi connectivity index (χ2n) is 5.77. The predicted molar refractivity (Wildman–Crippen MR) is 87.3 cm³/mol. The van der Waals surface area contributed by atoms with E-state index < -0.39 is 5.82 Å². The molecule has 0 spiro atoms. The van der Waals surface area contributed by atoms with Crippen LogP contribution in [-0.2, 0) is 5.41 Å². The Morgan fingerprint density at radius 1 is 1.14 bits per heavy atom. The number of carbonyl (C=O) groups excluding carboxylic acids is 1. The minimum absolute atomic E-state index is 0.0738. The molecule has 110 valence electrons. The molecular weight excluding hydrogens is 331 g/mol. The Morgan fingerprint density at radius 3 is 2.29 bits per heavy atom. The lowest BCUT2D eigenvalue weighted by molar-refractivity contribution is 0.103. The van der Waals surface area contributed by atoms with Gasteiger partial charge in [-0.2, -0.15) is 0 Å². The smallest absolute Gasteiger partial charge is 0.195 e. The number of benzene rings is 2. The molecule has 0 unspecified atom stereocenters. The molecule has 0 saturated carbocycles. The third-order valence-electron chi connectivity index (χ3n) is 3.99. The lowest BCUT2D eigenvalue weighted by atomic mass is 9.82. The van der Waals surface area contributed by atoms with Gasteiger partial charge in [-0.1, -0.05) is 61.0 Å². The normalized spacial score (nSPS) is 11.5. The van der Waals surface area contributed by atoms with E-state index >= 15 is 0 Å². The Kier molecular flexibility index (Phi) is 4.62. The molecule has 0 heterocycles. The first-order valence-electron chi connectivity index (χ1n) is 6.95. The summed E-state index contributed by atoms with van der Waals surface area (Å²) in [5.74, 6) is -0.798. The maximum absolute atomic E-state index is 13.9. The highest BCUT2D eigenvalue weighted by atomic mass is 79.9. The largest absolute Gasteiger partial charge is 0.288 e. The SMILES string of the molecule is CCC(C)(C)c1ccc(C(=O)c2ccc(Br)cc2F)cc1. The van der Waals surface area contributed by atoms with Gasteiger partial charge in [-0.15, -0.1) is 0 Å². The van der Waals surface area contributed by atoms with E-state index in [1.807, 2.05) is 12.1 Å². The number of ketones is 1. The number of hydrogen-bond acceptors (Lipinski definition) is 1. The number of rotatable bonds is 4.